The van der Waals surface area contributed by atoms with Gasteiger partial charge >= 0.3 is 0 Å². The molecular weight excluding hydrogens is 340 g/mol. The molecule has 2 saturated heterocycles. The number of hydrogen-bond donors (Lipinski definition) is 3. The van der Waals surface area contributed by atoms with Gasteiger partial charge in [-0.2, -0.15) is 0 Å². The number of amides is 1. The minimum Gasteiger partial charge on any atom is -0.496 e. The fourth-order valence-electron chi connectivity index (χ4n) is 2.89. The van der Waals surface area contributed by atoms with E-state index in [-0.39, 0.29) is 29.4 Å². The van der Waals surface area contributed by atoms with E-state index in [9.17, 15) is 18.3 Å². The maximum atomic E-state index is 12.5. The first kappa shape index (κ1) is 17.1. The lowest BCUT2D eigenvalue weighted by Crippen LogP contribution is -2.44. The molecule has 9 nitrogen and oxygen atoms in total. The molecule has 0 aromatic heterocycles. The summed E-state index contributed by atoms with van der Waals surface area (Å²) in [6.07, 6.45) is -1.65. The second-order valence-electron chi connectivity index (χ2n) is 5.65. The minimum absolute atomic E-state index is 0.0334. The fraction of sp³-hybridized carbons (Fsp3) is 0.500. The summed E-state index contributed by atoms with van der Waals surface area (Å²) in [4.78, 5) is 12.3. The first-order chi connectivity index (χ1) is 11.3. The Labute approximate surface area is 138 Å². The summed E-state index contributed by atoms with van der Waals surface area (Å²) in [5, 5.41) is 17.5. The summed E-state index contributed by atoms with van der Waals surface area (Å²) in [6, 6.07) is 3.32. The van der Waals surface area contributed by atoms with Gasteiger partial charge in [-0.3, -0.25) is 4.79 Å². The SMILES string of the molecule is COc1ccc(S(N)(=O)=O)cc1C(=O)N[C@H]1CO[C@H]2[C@@H]1OC[C@@H]2O. The highest BCUT2D eigenvalue weighted by Gasteiger charge is 2.47. The molecule has 24 heavy (non-hydrogen) atoms. The van der Waals surface area contributed by atoms with Crippen molar-refractivity contribution >= 4 is 15.9 Å². The van der Waals surface area contributed by atoms with Crippen LogP contribution in [-0.4, -0.2) is 64.1 Å². The molecule has 2 aliphatic heterocycles. The largest absolute Gasteiger partial charge is 0.496 e. The first-order valence-electron chi connectivity index (χ1n) is 7.24. The quantitative estimate of drug-likeness (QED) is 0.602. The highest BCUT2D eigenvalue weighted by atomic mass is 32.2. The standard InChI is InChI=1S/C14H18N2O7S/c1-21-11-3-2-7(24(15,19)20)4-8(11)14(18)16-9-5-22-13-10(17)6-23-12(9)13/h2-4,9-10,12-13,17H,5-6H2,1H3,(H,16,18)(H2,15,19,20)/t9-,10-,12+,13+/m0/s1. The van der Waals surface area contributed by atoms with Crippen molar-refractivity contribution in [2.75, 3.05) is 20.3 Å². The van der Waals surface area contributed by atoms with Crippen LogP contribution in [0.15, 0.2) is 23.1 Å². The van der Waals surface area contributed by atoms with Gasteiger partial charge in [-0.15, -0.1) is 0 Å². The number of nitrogens with one attached hydrogen (secondary N) is 1. The van der Waals surface area contributed by atoms with Crippen LogP contribution in [0.2, 0.25) is 0 Å². The van der Waals surface area contributed by atoms with Crippen LogP contribution in [0.4, 0.5) is 0 Å². The zero-order valence-corrected chi connectivity index (χ0v) is 13.7. The summed E-state index contributed by atoms with van der Waals surface area (Å²) in [5.41, 5.74) is 0.0334. The van der Waals surface area contributed by atoms with Crippen LogP contribution in [-0.2, 0) is 19.5 Å². The predicted octanol–water partition coefficient (Wildman–Crippen LogP) is -1.40. The van der Waals surface area contributed by atoms with Crippen LogP contribution >= 0.6 is 0 Å². The lowest BCUT2D eigenvalue weighted by molar-refractivity contribution is 0.0178. The predicted molar refractivity (Wildman–Crippen MR) is 81.1 cm³/mol. The van der Waals surface area contributed by atoms with Gasteiger partial charge in [0.15, 0.2) is 0 Å². The van der Waals surface area contributed by atoms with E-state index in [0.717, 1.165) is 6.07 Å². The number of sulfonamides is 1. The summed E-state index contributed by atoms with van der Waals surface area (Å²) in [7, 11) is -2.58. The molecule has 3 rings (SSSR count). The number of primary sulfonamides is 1. The molecule has 0 radical (unpaired) electrons. The van der Waals surface area contributed by atoms with Gasteiger partial charge < -0.3 is 24.6 Å². The molecule has 1 amide bonds. The first-order valence-corrected chi connectivity index (χ1v) is 8.79. The van der Waals surface area contributed by atoms with E-state index in [1.54, 1.807) is 0 Å². The van der Waals surface area contributed by atoms with Crippen LogP contribution in [0.1, 0.15) is 10.4 Å². The molecule has 0 aliphatic carbocycles. The van der Waals surface area contributed by atoms with E-state index in [0.29, 0.717) is 0 Å². The van der Waals surface area contributed by atoms with Crippen molar-refractivity contribution in [1.82, 2.24) is 5.32 Å². The number of carbonyl (C=O) groups is 1. The third-order valence-corrected chi connectivity index (χ3v) is 5.00. The zero-order chi connectivity index (χ0) is 17.5. The number of hydrogen-bond acceptors (Lipinski definition) is 7. The molecule has 0 spiro atoms. The van der Waals surface area contributed by atoms with Gasteiger partial charge in [-0.05, 0) is 18.2 Å². The van der Waals surface area contributed by atoms with Gasteiger partial charge in [-0.1, -0.05) is 0 Å². The van der Waals surface area contributed by atoms with Gasteiger partial charge in [0.05, 0.1) is 36.8 Å². The topological polar surface area (TPSA) is 137 Å². The van der Waals surface area contributed by atoms with Crippen molar-refractivity contribution in [1.29, 1.82) is 0 Å². The zero-order valence-electron chi connectivity index (χ0n) is 12.8. The van der Waals surface area contributed by atoms with E-state index in [4.69, 9.17) is 19.3 Å². The maximum Gasteiger partial charge on any atom is 0.255 e. The Hall–Kier alpha value is -1.72. The van der Waals surface area contributed by atoms with Gasteiger partial charge in [0.1, 0.15) is 24.1 Å². The van der Waals surface area contributed by atoms with E-state index >= 15 is 0 Å². The van der Waals surface area contributed by atoms with Crippen LogP contribution in [0, 0.1) is 0 Å². The minimum atomic E-state index is -3.95. The number of aliphatic hydroxyl groups excluding tert-OH is 1. The Morgan fingerprint density at radius 3 is 2.71 bits per heavy atom. The van der Waals surface area contributed by atoms with Gasteiger partial charge in [0.25, 0.3) is 5.91 Å². The van der Waals surface area contributed by atoms with Crippen molar-refractivity contribution in [3.63, 3.8) is 0 Å². The van der Waals surface area contributed by atoms with Gasteiger partial charge in [-0.25, -0.2) is 13.6 Å². The Bertz CT molecular complexity index is 751. The summed E-state index contributed by atoms with van der Waals surface area (Å²) in [6.45, 7) is 0.335. The number of fused-ring (bicyclic) bond motifs is 1. The Kier molecular flexibility index (Phi) is 4.49. The molecule has 0 bridgehead atoms. The highest BCUT2D eigenvalue weighted by molar-refractivity contribution is 7.89. The number of nitrogens with two attached hydrogens (primary N) is 1. The summed E-state index contributed by atoms with van der Waals surface area (Å²) < 4.78 is 38.9. The van der Waals surface area contributed by atoms with E-state index in [1.165, 1.54) is 19.2 Å². The second kappa shape index (κ2) is 6.30. The number of rotatable bonds is 4. The Balaban J connectivity index is 1.82. The van der Waals surface area contributed by atoms with E-state index in [2.05, 4.69) is 5.32 Å². The molecule has 1 aromatic rings. The van der Waals surface area contributed by atoms with E-state index < -0.39 is 40.3 Å². The number of methoxy groups -OCH3 is 1. The second-order valence-corrected chi connectivity index (χ2v) is 7.21. The number of carbonyl (C=O) groups excluding carboxylic acids is 1. The van der Waals surface area contributed by atoms with Crippen molar-refractivity contribution in [2.24, 2.45) is 5.14 Å². The number of ether oxygens (including phenoxy) is 3. The Morgan fingerprint density at radius 2 is 2.04 bits per heavy atom. The van der Waals surface area contributed by atoms with E-state index in [1.807, 2.05) is 0 Å². The van der Waals surface area contributed by atoms with Crippen LogP contribution < -0.4 is 15.2 Å². The molecule has 10 heteroatoms. The smallest absolute Gasteiger partial charge is 0.255 e. The summed E-state index contributed by atoms with van der Waals surface area (Å²) in [5.74, 6) is -0.334. The lowest BCUT2D eigenvalue weighted by atomic mass is 10.1. The number of aliphatic hydroxyl groups is 1. The van der Waals surface area contributed by atoms with Gasteiger partial charge in [0.2, 0.25) is 10.0 Å². The monoisotopic (exact) mass is 358 g/mol. The molecular formula is C14H18N2O7S. The average Bonchev–Trinajstić information content (AvgIpc) is 3.10. The third-order valence-electron chi connectivity index (χ3n) is 4.09. The molecule has 2 heterocycles. The molecule has 0 unspecified atom stereocenters. The van der Waals surface area contributed by atoms with Crippen molar-refractivity contribution in [3.05, 3.63) is 23.8 Å². The molecule has 1 aromatic carbocycles. The van der Waals surface area contributed by atoms with Crippen LogP contribution in [0.25, 0.3) is 0 Å². The van der Waals surface area contributed by atoms with Crippen molar-refractivity contribution in [2.45, 2.75) is 29.2 Å². The summed E-state index contributed by atoms with van der Waals surface area (Å²) >= 11 is 0. The average molecular weight is 358 g/mol. The molecule has 0 saturated carbocycles. The van der Waals surface area contributed by atoms with Crippen LogP contribution in [0.3, 0.4) is 0 Å². The molecule has 2 aliphatic rings. The van der Waals surface area contributed by atoms with Crippen molar-refractivity contribution < 1.29 is 32.5 Å². The third kappa shape index (κ3) is 3.10. The van der Waals surface area contributed by atoms with Crippen LogP contribution in [0.5, 0.6) is 5.75 Å². The molecule has 2 fully saturated rings. The molecule has 4 atom stereocenters. The normalized spacial score (nSPS) is 29.3. The highest BCUT2D eigenvalue weighted by Crippen LogP contribution is 2.28. The lowest BCUT2D eigenvalue weighted by Gasteiger charge is -2.18. The van der Waals surface area contributed by atoms with Gasteiger partial charge in [0, 0.05) is 0 Å². The molecule has 132 valence electrons. The van der Waals surface area contributed by atoms with Crippen molar-refractivity contribution in [3.8, 4) is 5.75 Å². The number of benzene rings is 1. The Morgan fingerprint density at radius 1 is 1.33 bits per heavy atom. The maximum absolute atomic E-state index is 12.5. The fourth-order valence-corrected chi connectivity index (χ4v) is 3.43. The molecule has 4 N–H and O–H groups in total.